The maximum atomic E-state index is 12.6. The van der Waals surface area contributed by atoms with Crippen LogP contribution in [-0.2, 0) is 11.2 Å². The highest BCUT2D eigenvalue weighted by atomic mass is 32.1. The molecule has 0 unspecified atom stereocenters. The van der Waals surface area contributed by atoms with E-state index in [4.69, 9.17) is 0 Å². The normalized spacial score (nSPS) is 19.7. The first-order valence-corrected chi connectivity index (χ1v) is 10.1. The Kier molecular flexibility index (Phi) is 4.45. The highest BCUT2D eigenvalue weighted by molar-refractivity contribution is 7.11. The maximum absolute atomic E-state index is 12.6. The molecule has 1 aliphatic heterocycles. The third kappa shape index (κ3) is 3.46. The van der Waals surface area contributed by atoms with Crippen LogP contribution >= 0.6 is 11.3 Å². The smallest absolute Gasteiger partial charge is 0.166 e. The molecule has 5 heteroatoms. The lowest BCUT2D eigenvalue weighted by Gasteiger charge is -2.40. The molecule has 0 spiro atoms. The van der Waals surface area contributed by atoms with Gasteiger partial charge in [0.1, 0.15) is 5.01 Å². The molecule has 2 heterocycles. The Labute approximate surface area is 158 Å². The van der Waals surface area contributed by atoms with Crippen molar-refractivity contribution in [3.63, 3.8) is 0 Å². The summed E-state index contributed by atoms with van der Waals surface area (Å²) in [6.45, 7) is 9.45. The lowest BCUT2D eigenvalue weighted by atomic mass is 9.99. The second-order valence-electron chi connectivity index (χ2n) is 7.89. The lowest BCUT2D eigenvalue weighted by molar-refractivity contribution is -0.113. The molecular formula is C21H25N3OS. The third-order valence-corrected chi connectivity index (χ3v) is 6.13. The first kappa shape index (κ1) is 17.4. The Hall–Kier alpha value is -1.98. The molecule has 4 rings (SSSR count). The number of piperazine rings is 1. The van der Waals surface area contributed by atoms with E-state index in [2.05, 4.69) is 47.2 Å². The van der Waals surface area contributed by atoms with E-state index in [0.717, 1.165) is 47.9 Å². The molecule has 136 valence electrons. The highest BCUT2D eigenvalue weighted by Gasteiger charge is 2.26. The number of carbonyl (C=O) groups is 1. The van der Waals surface area contributed by atoms with Crippen LogP contribution < -0.4 is 10.2 Å². The minimum absolute atomic E-state index is 0.122. The Bertz CT molecular complexity index is 881. The van der Waals surface area contributed by atoms with Crippen molar-refractivity contribution in [2.75, 3.05) is 24.5 Å². The number of thiazole rings is 1. The summed E-state index contributed by atoms with van der Waals surface area (Å²) in [7, 11) is 0. The van der Waals surface area contributed by atoms with E-state index < -0.39 is 0 Å². The zero-order valence-electron chi connectivity index (χ0n) is 15.6. The van der Waals surface area contributed by atoms with Gasteiger partial charge in [-0.05, 0) is 56.5 Å². The fourth-order valence-corrected chi connectivity index (χ4v) is 4.62. The van der Waals surface area contributed by atoms with Gasteiger partial charge < -0.3 is 10.2 Å². The number of nitrogens with one attached hydrogen (secondary N) is 1. The second-order valence-corrected chi connectivity index (χ2v) is 8.75. The number of allylic oxidation sites excluding steroid dienone is 1. The third-order valence-electron chi connectivity index (χ3n) is 5.13. The molecule has 1 aromatic carbocycles. The molecule has 2 aliphatic rings. The van der Waals surface area contributed by atoms with E-state index in [1.807, 2.05) is 18.4 Å². The van der Waals surface area contributed by atoms with Gasteiger partial charge in [-0.2, -0.15) is 0 Å². The van der Waals surface area contributed by atoms with Gasteiger partial charge >= 0.3 is 0 Å². The number of rotatable bonds is 2. The van der Waals surface area contributed by atoms with E-state index in [9.17, 15) is 4.79 Å². The number of carbonyl (C=O) groups excluding carboxylic acids is 1. The second kappa shape index (κ2) is 6.63. The van der Waals surface area contributed by atoms with Crippen molar-refractivity contribution in [1.29, 1.82) is 0 Å². The largest absolute Gasteiger partial charge is 0.368 e. The van der Waals surface area contributed by atoms with E-state index >= 15 is 0 Å². The Morgan fingerprint density at radius 2 is 2.12 bits per heavy atom. The van der Waals surface area contributed by atoms with Crippen LogP contribution in [0.15, 0.2) is 23.6 Å². The van der Waals surface area contributed by atoms with Crippen LogP contribution in [0, 0.1) is 6.92 Å². The van der Waals surface area contributed by atoms with Crippen LogP contribution in [0.25, 0.3) is 11.6 Å². The summed E-state index contributed by atoms with van der Waals surface area (Å²) in [6, 6.07) is 6.63. The number of ketones is 1. The summed E-state index contributed by atoms with van der Waals surface area (Å²) in [6.07, 6.45) is 3.38. The fraction of sp³-hybridized carbons (Fsp3) is 0.429. The Balaban J connectivity index is 1.67. The SMILES string of the molecule is Cc1csc(C2=Cc3ccc(N4CCNC(C)(C)C4)cc3CCC2=O)n1. The minimum Gasteiger partial charge on any atom is -0.368 e. The number of anilines is 1. The number of nitrogens with zero attached hydrogens (tertiary/aromatic N) is 2. The predicted molar refractivity (Wildman–Crippen MR) is 109 cm³/mol. The van der Waals surface area contributed by atoms with Gasteiger partial charge in [-0.3, -0.25) is 4.79 Å². The topological polar surface area (TPSA) is 45.2 Å². The van der Waals surface area contributed by atoms with E-state index in [-0.39, 0.29) is 11.3 Å². The molecule has 4 nitrogen and oxygen atoms in total. The number of Topliss-reactive ketones (excluding diaryl/α,β-unsaturated/α-hetero) is 1. The molecule has 0 radical (unpaired) electrons. The summed E-state index contributed by atoms with van der Waals surface area (Å²) >= 11 is 1.55. The molecule has 1 fully saturated rings. The highest BCUT2D eigenvalue weighted by Crippen LogP contribution is 2.31. The van der Waals surface area contributed by atoms with E-state index in [1.165, 1.54) is 11.3 Å². The Morgan fingerprint density at radius 1 is 1.27 bits per heavy atom. The van der Waals surface area contributed by atoms with E-state index in [1.54, 1.807) is 11.3 Å². The Morgan fingerprint density at radius 3 is 2.85 bits per heavy atom. The van der Waals surface area contributed by atoms with Gasteiger partial charge in [-0.1, -0.05) is 6.07 Å². The van der Waals surface area contributed by atoms with Crippen molar-refractivity contribution in [3.05, 3.63) is 45.4 Å². The van der Waals surface area contributed by atoms with Gasteiger partial charge in [0.15, 0.2) is 5.78 Å². The van der Waals surface area contributed by atoms with Gasteiger partial charge in [0.25, 0.3) is 0 Å². The van der Waals surface area contributed by atoms with Crippen molar-refractivity contribution >= 4 is 34.5 Å². The standard InChI is InChI=1S/C21H25N3OS/c1-14-12-26-20(23-14)18-11-16-4-6-17(10-15(16)5-7-19(18)25)24-9-8-22-21(2,3)13-24/h4,6,10-12,22H,5,7-9,13H2,1-3H3. The average molecular weight is 368 g/mol. The minimum atomic E-state index is 0.122. The summed E-state index contributed by atoms with van der Waals surface area (Å²) in [5.74, 6) is 0.195. The van der Waals surface area contributed by atoms with Crippen LogP contribution in [-0.4, -0.2) is 35.9 Å². The number of benzene rings is 1. The number of hydrogen-bond donors (Lipinski definition) is 1. The first-order chi connectivity index (χ1) is 12.4. The molecule has 0 bridgehead atoms. The summed E-state index contributed by atoms with van der Waals surface area (Å²) in [5.41, 5.74) is 5.52. The van der Waals surface area contributed by atoms with Crippen molar-refractivity contribution in [2.45, 2.75) is 39.2 Å². The molecule has 26 heavy (non-hydrogen) atoms. The number of aryl methyl sites for hydroxylation is 2. The zero-order valence-corrected chi connectivity index (χ0v) is 16.4. The van der Waals surface area contributed by atoms with Crippen molar-refractivity contribution < 1.29 is 4.79 Å². The maximum Gasteiger partial charge on any atom is 0.166 e. The molecule has 1 aromatic heterocycles. The lowest BCUT2D eigenvalue weighted by Crippen LogP contribution is -2.57. The van der Waals surface area contributed by atoms with Crippen LogP contribution in [0.4, 0.5) is 5.69 Å². The van der Waals surface area contributed by atoms with Crippen molar-refractivity contribution in [2.24, 2.45) is 0 Å². The van der Waals surface area contributed by atoms with Crippen LogP contribution in [0.1, 0.15) is 42.1 Å². The molecule has 1 saturated heterocycles. The van der Waals surface area contributed by atoms with Crippen LogP contribution in [0.3, 0.4) is 0 Å². The number of hydrogen-bond acceptors (Lipinski definition) is 5. The molecule has 0 amide bonds. The number of fused-ring (bicyclic) bond motifs is 1. The zero-order chi connectivity index (χ0) is 18.3. The van der Waals surface area contributed by atoms with E-state index in [0.29, 0.717) is 6.42 Å². The molecule has 0 atom stereocenters. The molecule has 1 aliphatic carbocycles. The summed E-state index contributed by atoms with van der Waals surface area (Å²) in [4.78, 5) is 19.6. The fourth-order valence-electron chi connectivity index (χ4n) is 3.79. The van der Waals surface area contributed by atoms with Gasteiger partial charge in [0.2, 0.25) is 0 Å². The van der Waals surface area contributed by atoms with Gasteiger partial charge in [-0.25, -0.2) is 4.98 Å². The number of aromatic nitrogens is 1. The molecule has 0 saturated carbocycles. The summed E-state index contributed by atoms with van der Waals surface area (Å²) < 4.78 is 0. The van der Waals surface area contributed by atoms with Gasteiger partial charge in [-0.15, -0.1) is 11.3 Å². The molecular weight excluding hydrogens is 342 g/mol. The monoisotopic (exact) mass is 367 g/mol. The van der Waals surface area contributed by atoms with Crippen molar-refractivity contribution in [3.8, 4) is 0 Å². The van der Waals surface area contributed by atoms with Crippen LogP contribution in [0.5, 0.6) is 0 Å². The summed E-state index contributed by atoms with van der Waals surface area (Å²) in [5, 5.41) is 6.41. The molecule has 2 aromatic rings. The first-order valence-electron chi connectivity index (χ1n) is 9.22. The van der Waals surface area contributed by atoms with Crippen molar-refractivity contribution in [1.82, 2.24) is 10.3 Å². The quantitative estimate of drug-likeness (QED) is 0.879. The average Bonchev–Trinajstić information content (AvgIpc) is 2.95. The van der Waals surface area contributed by atoms with Gasteiger partial charge in [0.05, 0.1) is 5.57 Å². The predicted octanol–water partition coefficient (Wildman–Crippen LogP) is 3.70. The van der Waals surface area contributed by atoms with Crippen LogP contribution in [0.2, 0.25) is 0 Å². The molecule has 1 N–H and O–H groups in total. The van der Waals surface area contributed by atoms with Gasteiger partial charge in [0, 0.05) is 48.4 Å².